The molecular formula is C12H11N3O. The summed E-state index contributed by atoms with van der Waals surface area (Å²) in [6.45, 7) is 0. The first kappa shape index (κ1) is 10.2. The van der Waals surface area contributed by atoms with Gasteiger partial charge in [-0.05, 0) is 16.8 Å². The Kier molecular flexibility index (Phi) is 2.32. The second kappa shape index (κ2) is 3.66. The van der Waals surface area contributed by atoms with E-state index in [1.165, 1.54) is 0 Å². The van der Waals surface area contributed by atoms with Gasteiger partial charge < -0.3 is 11.5 Å². The third-order valence-electron chi connectivity index (χ3n) is 2.48. The summed E-state index contributed by atoms with van der Waals surface area (Å²) in [7, 11) is 0. The number of hydrogen-bond acceptors (Lipinski definition) is 2. The first-order chi connectivity index (χ1) is 7.61. The molecule has 0 spiro atoms. The zero-order valence-corrected chi connectivity index (χ0v) is 8.53. The van der Waals surface area contributed by atoms with Crippen LogP contribution in [-0.4, -0.2) is 11.7 Å². The minimum absolute atomic E-state index is 0.0211. The molecular weight excluding hydrogens is 202 g/mol. The maximum atomic E-state index is 11.2. The number of nitrogens with one attached hydrogen (secondary N) is 1. The summed E-state index contributed by atoms with van der Waals surface area (Å²) in [6.07, 6.45) is 0. The number of fused-ring (bicyclic) bond motifs is 1. The number of carbonyl (C=O) groups excluding carboxylic acids is 1. The molecule has 2 rings (SSSR count). The minimum Gasteiger partial charge on any atom is -0.384 e. The molecule has 0 saturated carbocycles. The van der Waals surface area contributed by atoms with Crippen molar-refractivity contribution in [3.05, 3.63) is 47.5 Å². The highest BCUT2D eigenvalue weighted by molar-refractivity contribution is 6.13. The Morgan fingerprint density at radius 1 is 0.938 bits per heavy atom. The molecule has 0 atom stereocenters. The molecule has 0 aromatic heterocycles. The van der Waals surface area contributed by atoms with Gasteiger partial charge in [-0.3, -0.25) is 10.2 Å². The summed E-state index contributed by atoms with van der Waals surface area (Å²) in [4.78, 5) is 11.2. The number of primary amides is 1. The van der Waals surface area contributed by atoms with E-state index in [0.717, 1.165) is 10.8 Å². The average Bonchev–Trinajstić information content (AvgIpc) is 2.27. The van der Waals surface area contributed by atoms with Crippen LogP contribution in [-0.2, 0) is 0 Å². The largest absolute Gasteiger partial charge is 0.384 e. The van der Waals surface area contributed by atoms with E-state index in [9.17, 15) is 4.79 Å². The molecule has 0 saturated heterocycles. The molecule has 2 aromatic rings. The van der Waals surface area contributed by atoms with Crippen LogP contribution in [0.25, 0.3) is 10.8 Å². The molecule has 80 valence electrons. The van der Waals surface area contributed by atoms with Crippen LogP contribution >= 0.6 is 0 Å². The van der Waals surface area contributed by atoms with Gasteiger partial charge in [0.05, 0.1) is 0 Å². The zero-order chi connectivity index (χ0) is 11.7. The fourth-order valence-corrected chi connectivity index (χ4v) is 1.76. The maximum Gasteiger partial charge on any atom is 0.249 e. The van der Waals surface area contributed by atoms with Crippen molar-refractivity contribution in [1.82, 2.24) is 0 Å². The summed E-state index contributed by atoms with van der Waals surface area (Å²) >= 11 is 0. The Labute approximate surface area is 92.4 Å². The molecule has 2 aromatic carbocycles. The van der Waals surface area contributed by atoms with Crippen LogP contribution in [0.5, 0.6) is 0 Å². The van der Waals surface area contributed by atoms with E-state index in [1.54, 1.807) is 30.3 Å². The number of nitrogens with two attached hydrogens (primary N) is 2. The number of carbonyl (C=O) groups is 1. The lowest BCUT2D eigenvalue weighted by atomic mass is 9.99. The quantitative estimate of drug-likeness (QED) is 0.517. The van der Waals surface area contributed by atoms with Gasteiger partial charge in [-0.25, -0.2) is 0 Å². The van der Waals surface area contributed by atoms with Gasteiger partial charge in [0.1, 0.15) is 5.84 Å². The molecule has 1 amide bonds. The molecule has 16 heavy (non-hydrogen) atoms. The van der Waals surface area contributed by atoms with Gasteiger partial charge >= 0.3 is 0 Å². The van der Waals surface area contributed by atoms with Crippen LogP contribution in [0, 0.1) is 5.41 Å². The summed E-state index contributed by atoms with van der Waals surface area (Å²) < 4.78 is 0. The van der Waals surface area contributed by atoms with Crippen molar-refractivity contribution < 1.29 is 4.79 Å². The van der Waals surface area contributed by atoms with E-state index in [2.05, 4.69) is 0 Å². The third kappa shape index (κ3) is 1.50. The standard InChI is InChI=1S/C12H11N3O/c13-11(14)9-5-1-4-8-7(9)3-2-6-10(8)12(15)16/h1-6H,(H3,13,14)(H2,15,16). The van der Waals surface area contributed by atoms with E-state index >= 15 is 0 Å². The number of amides is 1. The average molecular weight is 213 g/mol. The number of nitrogen functional groups attached to an aromatic ring is 1. The van der Waals surface area contributed by atoms with Gasteiger partial charge in [0.2, 0.25) is 5.91 Å². The van der Waals surface area contributed by atoms with Crippen molar-refractivity contribution in [3.8, 4) is 0 Å². The number of rotatable bonds is 2. The van der Waals surface area contributed by atoms with Crippen molar-refractivity contribution in [1.29, 1.82) is 5.41 Å². The fourth-order valence-electron chi connectivity index (χ4n) is 1.76. The molecule has 0 aliphatic carbocycles. The Bertz CT molecular complexity index is 537. The van der Waals surface area contributed by atoms with Crippen molar-refractivity contribution in [2.45, 2.75) is 0 Å². The number of hydrogen-bond donors (Lipinski definition) is 3. The molecule has 5 N–H and O–H groups in total. The normalized spacial score (nSPS) is 10.2. The molecule has 0 bridgehead atoms. The van der Waals surface area contributed by atoms with Crippen LogP contribution in [0.3, 0.4) is 0 Å². The van der Waals surface area contributed by atoms with Gasteiger partial charge in [-0.2, -0.15) is 0 Å². The van der Waals surface area contributed by atoms with Crippen LogP contribution in [0.1, 0.15) is 15.9 Å². The van der Waals surface area contributed by atoms with Gasteiger partial charge in [-0.1, -0.05) is 30.3 Å². The van der Waals surface area contributed by atoms with Crippen molar-refractivity contribution in [2.75, 3.05) is 0 Å². The minimum atomic E-state index is -0.480. The maximum absolute atomic E-state index is 11.2. The Morgan fingerprint density at radius 3 is 1.94 bits per heavy atom. The molecule has 0 aliphatic rings. The van der Waals surface area contributed by atoms with E-state index in [-0.39, 0.29) is 5.84 Å². The molecule has 0 aliphatic heterocycles. The highest BCUT2D eigenvalue weighted by Crippen LogP contribution is 2.21. The molecule has 0 heterocycles. The predicted molar refractivity (Wildman–Crippen MR) is 63.5 cm³/mol. The summed E-state index contributed by atoms with van der Waals surface area (Å²) in [6, 6.07) is 10.5. The SMILES string of the molecule is N=C(N)c1cccc2c(C(N)=O)cccc12. The molecule has 0 radical (unpaired) electrons. The van der Waals surface area contributed by atoms with Crippen LogP contribution in [0.4, 0.5) is 0 Å². The van der Waals surface area contributed by atoms with Gasteiger partial charge in [0.15, 0.2) is 0 Å². The number of amidine groups is 1. The summed E-state index contributed by atoms with van der Waals surface area (Å²) in [5.74, 6) is -0.501. The first-order valence-electron chi connectivity index (χ1n) is 4.77. The lowest BCUT2D eigenvalue weighted by Gasteiger charge is -2.07. The van der Waals surface area contributed by atoms with E-state index in [4.69, 9.17) is 16.9 Å². The Hall–Kier alpha value is -2.36. The van der Waals surface area contributed by atoms with Crippen molar-refractivity contribution in [3.63, 3.8) is 0 Å². The highest BCUT2D eigenvalue weighted by Gasteiger charge is 2.09. The van der Waals surface area contributed by atoms with Crippen molar-refractivity contribution in [2.24, 2.45) is 11.5 Å². The number of benzene rings is 2. The Balaban J connectivity index is 2.86. The molecule has 0 unspecified atom stereocenters. The lowest BCUT2D eigenvalue weighted by Crippen LogP contribution is -2.14. The second-order valence-electron chi connectivity index (χ2n) is 3.48. The fraction of sp³-hybridized carbons (Fsp3) is 0. The first-order valence-corrected chi connectivity index (χ1v) is 4.77. The highest BCUT2D eigenvalue weighted by atomic mass is 16.1. The predicted octanol–water partition coefficient (Wildman–Crippen LogP) is 1.22. The van der Waals surface area contributed by atoms with Gasteiger partial charge in [-0.15, -0.1) is 0 Å². The van der Waals surface area contributed by atoms with E-state index < -0.39 is 5.91 Å². The summed E-state index contributed by atoms with van der Waals surface area (Å²) in [5.41, 5.74) is 11.8. The lowest BCUT2D eigenvalue weighted by molar-refractivity contribution is 0.100. The molecule has 4 heteroatoms. The van der Waals surface area contributed by atoms with Gasteiger partial charge in [0, 0.05) is 11.1 Å². The van der Waals surface area contributed by atoms with Crippen LogP contribution < -0.4 is 11.5 Å². The topological polar surface area (TPSA) is 93.0 Å². The molecule has 4 nitrogen and oxygen atoms in total. The monoisotopic (exact) mass is 213 g/mol. The molecule has 0 fully saturated rings. The van der Waals surface area contributed by atoms with Crippen LogP contribution in [0.2, 0.25) is 0 Å². The second-order valence-corrected chi connectivity index (χ2v) is 3.48. The van der Waals surface area contributed by atoms with E-state index in [0.29, 0.717) is 11.1 Å². The summed E-state index contributed by atoms with van der Waals surface area (Å²) in [5, 5.41) is 8.95. The van der Waals surface area contributed by atoms with Gasteiger partial charge in [0.25, 0.3) is 0 Å². The smallest absolute Gasteiger partial charge is 0.249 e. The third-order valence-corrected chi connectivity index (χ3v) is 2.48. The Morgan fingerprint density at radius 2 is 1.44 bits per heavy atom. The zero-order valence-electron chi connectivity index (χ0n) is 8.53. The van der Waals surface area contributed by atoms with E-state index in [1.807, 2.05) is 6.07 Å². The van der Waals surface area contributed by atoms with Crippen molar-refractivity contribution >= 4 is 22.5 Å². The van der Waals surface area contributed by atoms with Crippen LogP contribution in [0.15, 0.2) is 36.4 Å².